The van der Waals surface area contributed by atoms with Crippen LogP contribution in [0.3, 0.4) is 0 Å². The molecule has 222 valence electrons. The minimum Gasteiger partial charge on any atom is -1.00 e. The number of benzene rings is 3. The fraction of sp³-hybridized carbons (Fsp3) is 0.308. The Hall–Kier alpha value is -2.06. The zero-order chi connectivity index (χ0) is 29.2. The average Bonchev–Trinajstić information content (AvgIpc) is 3.62. The van der Waals surface area contributed by atoms with Gasteiger partial charge in [0.15, 0.2) is 0 Å². The molecule has 0 aromatic heterocycles. The van der Waals surface area contributed by atoms with Crippen LogP contribution in [0.15, 0.2) is 116 Å². The van der Waals surface area contributed by atoms with Crippen molar-refractivity contribution in [1.82, 2.24) is 0 Å². The van der Waals surface area contributed by atoms with Crippen molar-refractivity contribution in [2.45, 2.75) is 78.1 Å². The van der Waals surface area contributed by atoms with Crippen LogP contribution in [0, 0.1) is 0 Å². The van der Waals surface area contributed by atoms with Gasteiger partial charge in [-0.05, 0) is 10.8 Å². The molecule has 0 aliphatic carbocycles. The summed E-state index contributed by atoms with van der Waals surface area (Å²) in [5.41, 5.74) is 4.66. The molecule has 0 heterocycles. The van der Waals surface area contributed by atoms with E-state index in [1.807, 2.05) is 36.4 Å². The number of halogens is 2. The summed E-state index contributed by atoms with van der Waals surface area (Å²) in [6.07, 6.45) is 7.02. The molecule has 3 heteroatoms. The normalized spacial score (nSPS) is 10.9. The number of hydrogen-bond donors (Lipinski definition) is 0. The van der Waals surface area contributed by atoms with E-state index >= 15 is 0 Å². The molecule has 0 saturated heterocycles. The van der Waals surface area contributed by atoms with Crippen LogP contribution < -0.4 is 24.8 Å². The van der Waals surface area contributed by atoms with E-state index in [2.05, 4.69) is 121 Å². The Balaban J connectivity index is 0.000000363. The molecular formula is C39H46Cl2Hf-2. The summed E-state index contributed by atoms with van der Waals surface area (Å²) >= 11 is 1.19. The zero-order valence-corrected chi connectivity index (χ0v) is 31.3. The fourth-order valence-corrected chi connectivity index (χ4v) is 5.88. The van der Waals surface area contributed by atoms with Gasteiger partial charge in [0.25, 0.3) is 0 Å². The van der Waals surface area contributed by atoms with Gasteiger partial charge in [0, 0.05) is 0 Å². The van der Waals surface area contributed by atoms with Crippen LogP contribution in [0.4, 0.5) is 0 Å². The molecule has 5 aromatic carbocycles. The Kier molecular flexibility index (Phi) is 16.2. The van der Waals surface area contributed by atoms with Gasteiger partial charge in [-0.25, -0.2) is 12.1 Å². The van der Waals surface area contributed by atoms with Crippen molar-refractivity contribution in [2.75, 3.05) is 0 Å². The van der Waals surface area contributed by atoms with Gasteiger partial charge >= 0.3 is 101 Å². The molecule has 42 heavy (non-hydrogen) atoms. The van der Waals surface area contributed by atoms with Gasteiger partial charge in [0.2, 0.25) is 0 Å². The number of fused-ring (bicyclic) bond motifs is 3. The third kappa shape index (κ3) is 11.6. The van der Waals surface area contributed by atoms with Crippen LogP contribution in [-0.4, -0.2) is 3.26 Å². The van der Waals surface area contributed by atoms with E-state index in [4.69, 9.17) is 0 Å². The molecule has 0 amide bonds. The summed E-state index contributed by atoms with van der Waals surface area (Å²) in [5, 5.41) is 5.48. The topological polar surface area (TPSA) is 0 Å². The maximum absolute atomic E-state index is 3.74. The van der Waals surface area contributed by atoms with E-state index in [1.165, 1.54) is 81.4 Å². The number of allylic oxidation sites excluding steroid dienone is 1. The second-order valence-electron chi connectivity index (χ2n) is 12.6. The van der Waals surface area contributed by atoms with Gasteiger partial charge in [-0.15, -0.1) is 39.7 Å². The van der Waals surface area contributed by atoms with E-state index in [-0.39, 0.29) is 35.6 Å². The number of hydrogen-bond acceptors (Lipinski definition) is 0. The molecule has 0 bridgehead atoms. The molecule has 0 nitrogen and oxygen atoms in total. The van der Waals surface area contributed by atoms with Crippen LogP contribution >= 0.6 is 0 Å². The first-order chi connectivity index (χ1) is 19.0. The third-order valence-corrected chi connectivity index (χ3v) is 9.13. The SMILES string of the molecule is C=CCCCC[C](=[Hf+2])c1ccccc1.CC(C)(C)c1ccc2c(c1)[cH-]c1cc(C(C)(C)C)ccc12.[Cl-].[Cl-].c1cc[cH-]c1. The van der Waals surface area contributed by atoms with Gasteiger partial charge in [0.05, 0.1) is 0 Å². The quantitative estimate of drug-likeness (QED) is 0.0965. The first-order valence-corrected chi connectivity index (χ1v) is 16.3. The average molecular weight is 764 g/mol. The summed E-state index contributed by atoms with van der Waals surface area (Å²) in [7, 11) is 0. The van der Waals surface area contributed by atoms with Crippen molar-refractivity contribution >= 4 is 24.8 Å². The van der Waals surface area contributed by atoms with Crippen LogP contribution in [-0.2, 0) is 34.7 Å². The summed E-state index contributed by atoms with van der Waals surface area (Å²) < 4.78 is 1.63. The van der Waals surface area contributed by atoms with Crippen molar-refractivity contribution < 1.29 is 48.7 Å². The van der Waals surface area contributed by atoms with Crippen LogP contribution in [0.1, 0.15) is 83.9 Å². The smallest absolute Gasteiger partial charge is 0.0202 e. The van der Waals surface area contributed by atoms with Crippen LogP contribution in [0.2, 0.25) is 0 Å². The Morgan fingerprint density at radius 2 is 1.21 bits per heavy atom. The van der Waals surface area contributed by atoms with Gasteiger partial charge in [0.1, 0.15) is 0 Å². The maximum atomic E-state index is 3.74. The number of unbranched alkanes of at least 4 members (excludes halogenated alkanes) is 2. The molecular weight excluding hydrogens is 718 g/mol. The molecule has 0 fully saturated rings. The van der Waals surface area contributed by atoms with Crippen molar-refractivity contribution in [3.8, 4) is 0 Å². The van der Waals surface area contributed by atoms with Crippen LogP contribution in [0.5, 0.6) is 0 Å². The monoisotopic (exact) mass is 764 g/mol. The Morgan fingerprint density at radius 1 is 0.714 bits per heavy atom. The van der Waals surface area contributed by atoms with Crippen molar-refractivity contribution in [3.05, 3.63) is 132 Å². The van der Waals surface area contributed by atoms with Gasteiger partial charge in [-0.1, -0.05) is 76.9 Å². The van der Waals surface area contributed by atoms with E-state index in [0.29, 0.717) is 0 Å². The molecule has 0 aliphatic heterocycles. The van der Waals surface area contributed by atoms with E-state index in [1.54, 1.807) is 3.26 Å². The molecule has 0 N–H and O–H groups in total. The number of rotatable bonds is 6. The van der Waals surface area contributed by atoms with Gasteiger partial charge in [-0.3, -0.25) is 0 Å². The molecule has 5 aromatic rings. The van der Waals surface area contributed by atoms with Crippen molar-refractivity contribution in [2.24, 2.45) is 0 Å². The summed E-state index contributed by atoms with van der Waals surface area (Å²) in [6.45, 7) is 17.4. The Morgan fingerprint density at radius 3 is 1.62 bits per heavy atom. The van der Waals surface area contributed by atoms with E-state index in [9.17, 15) is 0 Å². The first kappa shape index (κ1) is 38.0. The van der Waals surface area contributed by atoms with Gasteiger partial charge in [-0.2, -0.15) is 18.2 Å². The Bertz CT molecular complexity index is 1390. The second-order valence-corrected chi connectivity index (χ2v) is 14.8. The Labute approximate surface area is 282 Å². The minimum absolute atomic E-state index is 0. The standard InChI is InChI=1S/C21H25.C13H16.C5H5.2ClH.Hf/c1-20(2,3)16-7-9-18-14(12-16)11-15-13-17(21(4,5)6)8-10-19(15)18;1-2-3-4-5-7-10-13-11-8-6-9-12-13;1-2-4-5-3-1;;;/h7-13H,1-6H3;2,6,8-9,11-12H,1,3-5,7H2;1-5H;2*1H;/q-1;;-1;;;+2/p-2. The third-order valence-electron chi connectivity index (χ3n) is 7.20. The molecule has 0 unspecified atom stereocenters. The fourth-order valence-electron chi connectivity index (χ4n) is 4.65. The molecule has 0 saturated carbocycles. The minimum atomic E-state index is 0. The predicted molar refractivity (Wildman–Crippen MR) is 176 cm³/mol. The van der Waals surface area contributed by atoms with Gasteiger partial charge < -0.3 is 24.8 Å². The molecule has 0 spiro atoms. The molecule has 0 atom stereocenters. The summed E-state index contributed by atoms with van der Waals surface area (Å²) in [5.74, 6) is 0. The molecule has 5 rings (SSSR count). The second kappa shape index (κ2) is 17.9. The first-order valence-electron chi connectivity index (χ1n) is 14.6. The van der Waals surface area contributed by atoms with E-state index in [0.717, 1.165) is 6.42 Å². The van der Waals surface area contributed by atoms with Crippen LogP contribution in [0.25, 0.3) is 21.5 Å². The zero-order valence-electron chi connectivity index (χ0n) is 26.2. The molecule has 0 aliphatic rings. The summed E-state index contributed by atoms with van der Waals surface area (Å²) in [6, 6.07) is 36.9. The van der Waals surface area contributed by atoms with Crippen molar-refractivity contribution in [3.63, 3.8) is 0 Å². The van der Waals surface area contributed by atoms with Crippen molar-refractivity contribution in [1.29, 1.82) is 0 Å². The maximum Gasteiger partial charge on any atom is -0.0202 e. The molecule has 0 radical (unpaired) electrons. The summed E-state index contributed by atoms with van der Waals surface area (Å²) in [4.78, 5) is 0. The predicted octanol–water partition coefficient (Wildman–Crippen LogP) is 5.22. The van der Waals surface area contributed by atoms with E-state index < -0.39 is 0 Å². The largest absolute Gasteiger partial charge is 1.00 e.